The van der Waals surface area contributed by atoms with E-state index >= 15 is 0 Å². The standard InChI is InChI=1S/C18H19NO3/c20-17(15-7-3-4-8-16(15)18(21)22)19-14-10-9-12-5-1-2-6-13(12)11-14/h1-2,5-6,9-11,15-16H,3-4,7-8H2,(H,19,20)(H,21,22)/t15-,16-/m1/s1. The topological polar surface area (TPSA) is 66.4 Å². The lowest BCUT2D eigenvalue weighted by atomic mass is 9.78. The van der Waals surface area contributed by atoms with Crippen LogP contribution in [0.2, 0.25) is 0 Å². The van der Waals surface area contributed by atoms with Crippen molar-refractivity contribution in [2.24, 2.45) is 11.8 Å². The molecule has 4 heteroatoms. The van der Waals surface area contributed by atoms with Gasteiger partial charge in [0, 0.05) is 5.69 Å². The van der Waals surface area contributed by atoms with Crippen LogP contribution in [0.15, 0.2) is 42.5 Å². The van der Waals surface area contributed by atoms with Gasteiger partial charge in [0.1, 0.15) is 0 Å². The van der Waals surface area contributed by atoms with Gasteiger partial charge >= 0.3 is 5.97 Å². The molecule has 1 saturated carbocycles. The number of anilines is 1. The van der Waals surface area contributed by atoms with E-state index in [9.17, 15) is 14.7 Å². The van der Waals surface area contributed by atoms with Crippen molar-refractivity contribution in [3.8, 4) is 0 Å². The molecule has 1 aliphatic rings. The predicted molar refractivity (Wildman–Crippen MR) is 85.7 cm³/mol. The number of carbonyl (C=O) groups excluding carboxylic acids is 1. The summed E-state index contributed by atoms with van der Waals surface area (Å²) in [6.45, 7) is 0. The van der Waals surface area contributed by atoms with Crippen LogP contribution in [0.3, 0.4) is 0 Å². The maximum absolute atomic E-state index is 12.4. The molecule has 0 aromatic heterocycles. The number of fused-ring (bicyclic) bond motifs is 1. The quantitative estimate of drug-likeness (QED) is 0.908. The van der Waals surface area contributed by atoms with Crippen molar-refractivity contribution in [2.75, 3.05) is 5.32 Å². The third kappa shape index (κ3) is 2.96. The Balaban J connectivity index is 1.78. The number of benzene rings is 2. The average Bonchev–Trinajstić information content (AvgIpc) is 2.54. The highest BCUT2D eigenvalue weighted by molar-refractivity contribution is 5.97. The molecule has 2 aromatic rings. The van der Waals surface area contributed by atoms with Gasteiger partial charge in [-0.3, -0.25) is 9.59 Å². The fourth-order valence-electron chi connectivity index (χ4n) is 3.24. The summed E-state index contributed by atoms with van der Waals surface area (Å²) >= 11 is 0. The average molecular weight is 297 g/mol. The minimum atomic E-state index is -0.863. The number of aliphatic carboxylic acids is 1. The lowest BCUT2D eigenvalue weighted by Crippen LogP contribution is -2.36. The lowest BCUT2D eigenvalue weighted by molar-refractivity contribution is -0.147. The van der Waals surface area contributed by atoms with E-state index < -0.39 is 17.8 Å². The molecule has 0 unspecified atom stereocenters. The Kier molecular flexibility index (Phi) is 4.09. The zero-order valence-electron chi connectivity index (χ0n) is 12.3. The van der Waals surface area contributed by atoms with Crippen LogP contribution in [0, 0.1) is 11.8 Å². The molecule has 1 amide bonds. The second-order valence-electron chi connectivity index (χ2n) is 5.89. The minimum Gasteiger partial charge on any atom is -0.481 e. The number of nitrogens with one attached hydrogen (secondary N) is 1. The first-order valence-electron chi connectivity index (χ1n) is 7.67. The van der Waals surface area contributed by atoms with Gasteiger partial charge in [0.25, 0.3) is 0 Å². The van der Waals surface area contributed by atoms with Crippen LogP contribution < -0.4 is 5.32 Å². The number of carbonyl (C=O) groups is 2. The molecule has 2 aromatic carbocycles. The highest BCUT2D eigenvalue weighted by atomic mass is 16.4. The van der Waals surface area contributed by atoms with Crippen molar-refractivity contribution >= 4 is 28.3 Å². The smallest absolute Gasteiger partial charge is 0.307 e. The van der Waals surface area contributed by atoms with Gasteiger partial charge in [0.2, 0.25) is 5.91 Å². The Hall–Kier alpha value is -2.36. The Bertz CT molecular complexity index is 710. The van der Waals surface area contributed by atoms with E-state index in [1.54, 1.807) is 0 Å². The van der Waals surface area contributed by atoms with Crippen LogP contribution in [0.4, 0.5) is 5.69 Å². The van der Waals surface area contributed by atoms with Gasteiger partial charge in [-0.2, -0.15) is 0 Å². The van der Waals surface area contributed by atoms with Crippen LogP contribution in [-0.4, -0.2) is 17.0 Å². The minimum absolute atomic E-state index is 0.178. The molecule has 0 radical (unpaired) electrons. The molecule has 0 bridgehead atoms. The van der Waals surface area contributed by atoms with Crippen LogP contribution >= 0.6 is 0 Å². The SMILES string of the molecule is O=C(O)[C@@H]1CCCC[C@H]1C(=O)Nc1ccc2ccccc2c1. The highest BCUT2D eigenvalue weighted by Gasteiger charge is 2.35. The van der Waals surface area contributed by atoms with E-state index in [1.807, 2.05) is 42.5 Å². The molecule has 0 spiro atoms. The Morgan fingerprint density at radius 2 is 1.64 bits per heavy atom. The molecule has 4 nitrogen and oxygen atoms in total. The maximum atomic E-state index is 12.4. The number of amides is 1. The van der Waals surface area contributed by atoms with Crippen LogP contribution in [0.25, 0.3) is 10.8 Å². The van der Waals surface area contributed by atoms with Gasteiger partial charge in [0.15, 0.2) is 0 Å². The van der Waals surface area contributed by atoms with Crippen LogP contribution in [-0.2, 0) is 9.59 Å². The number of carboxylic acid groups (broad SMARTS) is 1. The van der Waals surface area contributed by atoms with Crippen LogP contribution in [0.5, 0.6) is 0 Å². The summed E-state index contributed by atoms with van der Waals surface area (Å²) in [4.78, 5) is 23.8. The number of carboxylic acids is 1. The summed E-state index contributed by atoms with van der Waals surface area (Å²) in [7, 11) is 0. The molecule has 0 heterocycles. The molecule has 3 rings (SSSR count). The summed E-state index contributed by atoms with van der Waals surface area (Å²) in [6.07, 6.45) is 3.04. The fraction of sp³-hybridized carbons (Fsp3) is 0.333. The molecule has 114 valence electrons. The molecule has 22 heavy (non-hydrogen) atoms. The van der Waals surface area contributed by atoms with E-state index in [4.69, 9.17) is 0 Å². The summed E-state index contributed by atoms with van der Waals surface area (Å²) in [5.41, 5.74) is 0.721. The van der Waals surface area contributed by atoms with Gasteiger partial charge in [0.05, 0.1) is 11.8 Å². The molecular weight excluding hydrogens is 278 g/mol. The number of hydrogen-bond donors (Lipinski definition) is 2. The number of rotatable bonds is 3. The van der Waals surface area contributed by atoms with E-state index in [-0.39, 0.29) is 5.91 Å². The highest BCUT2D eigenvalue weighted by Crippen LogP contribution is 2.31. The van der Waals surface area contributed by atoms with E-state index in [0.29, 0.717) is 12.8 Å². The van der Waals surface area contributed by atoms with Gasteiger partial charge in [-0.1, -0.05) is 43.2 Å². The fourth-order valence-corrected chi connectivity index (χ4v) is 3.24. The van der Waals surface area contributed by atoms with Crippen molar-refractivity contribution in [2.45, 2.75) is 25.7 Å². The Morgan fingerprint density at radius 1 is 0.955 bits per heavy atom. The predicted octanol–water partition coefficient (Wildman–Crippen LogP) is 3.67. The molecular formula is C18H19NO3. The van der Waals surface area contributed by atoms with Crippen LogP contribution in [0.1, 0.15) is 25.7 Å². The summed E-state index contributed by atoms with van der Waals surface area (Å²) in [6, 6.07) is 13.7. The molecule has 0 aliphatic heterocycles. The summed E-state index contributed by atoms with van der Waals surface area (Å²) < 4.78 is 0. The van der Waals surface area contributed by atoms with Gasteiger partial charge in [-0.25, -0.2) is 0 Å². The monoisotopic (exact) mass is 297 g/mol. The first-order chi connectivity index (χ1) is 10.6. The Labute approximate surface area is 129 Å². The third-order valence-electron chi connectivity index (χ3n) is 4.44. The molecule has 1 aliphatic carbocycles. The lowest BCUT2D eigenvalue weighted by Gasteiger charge is -2.27. The first-order valence-corrected chi connectivity index (χ1v) is 7.67. The van der Waals surface area contributed by atoms with E-state index in [2.05, 4.69) is 5.32 Å². The molecule has 0 saturated heterocycles. The number of hydrogen-bond acceptors (Lipinski definition) is 2. The Morgan fingerprint density at radius 3 is 2.36 bits per heavy atom. The zero-order chi connectivity index (χ0) is 15.5. The summed E-state index contributed by atoms with van der Waals surface area (Å²) in [5.74, 6) is -2.03. The summed E-state index contributed by atoms with van der Waals surface area (Å²) in [5, 5.41) is 14.3. The third-order valence-corrected chi connectivity index (χ3v) is 4.44. The van der Waals surface area contributed by atoms with Gasteiger partial charge in [-0.15, -0.1) is 0 Å². The second-order valence-corrected chi connectivity index (χ2v) is 5.89. The molecule has 1 fully saturated rings. The van der Waals surface area contributed by atoms with Gasteiger partial charge < -0.3 is 10.4 Å². The molecule has 2 N–H and O–H groups in total. The zero-order valence-corrected chi connectivity index (χ0v) is 12.3. The normalized spacial score (nSPS) is 21.5. The second kappa shape index (κ2) is 6.18. The van der Waals surface area contributed by atoms with E-state index in [1.165, 1.54) is 0 Å². The van der Waals surface area contributed by atoms with Crippen molar-refractivity contribution in [3.05, 3.63) is 42.5 Å². The van der Waals surface area contributed by atoms with Crippen molar-refractivity contribution in [3.63, 3.8) is 0 Å². The van der Waals surface area contributed by atoms with Crippen molar-refractivity contribution in [1.29, 1.82) is 0 Å². The first kappa shape index (κ1) is 14.6. The molecule has 2 atom stereocenters. The largest absolute Gasteiger partial charge is 0.481 e. The maximum Gasteiger partial charge on any atom is 0.307 e. The van der Waals surface area contributed by atoms with E-state index in [0.717, 1.165) is 29.3 Å². The van der Waals surface area contributed by atoms with Crippen molar-refractivity contribution in [1.82, 2.24) is 0 Å². The van der Waals surface area contributed by atoms with Crippen molar-refractivity contribution < 1.29 is 14.7 Å². The van der Waals surface area contributed by atoms with Gasteiger partial charge in [-0.05, 0) is 35.7 Å².